The Kier molecular flexibility index (Phi) is 5.40. The Labute approximate surface area is 105 Å². The summed E-state index contributed by atoms with van der Waals surface area (Å²) in [5, 5.41) is 3.23. The fourth-order valence-electron chi connectivity index (χ4n) is 2.79. The number of hydrogen-bond acceptors (Lipinski definition) is 3. The molecule has 1 aliphatic rings. The van der Waals surface area contributed by atoms with Crippen molar-refractivity contribution in [2.24, 2.45) is 5.73 Å². The van der Waals surface area contributed by atoms with Gasteiger partial charge in [0.2, 0.25) is 5.91 Å². The van der Waals surface area contributed by atoms with Crippen molar-refractivity contribution in [3.05, 3.63) is 0 Å². The van der Waals surface area contributed by atoms with Crippen molar-refractivity contribution in [1.82, 2.24) is 10.2 Å². The molecule has 0 aliphatic heterocycles. The zero-order valence-electron chi connectivity index (χ0n) is 11.5. The van der Waals surface area contributed by atoms with Crippen LogP contribution in [0.5, 0.6) is 0 Å². The first kappa shape index (κ1) is 14.5. The van der Waals surface area contributed by atoms with Gasteiger partial charge in [-0.2, -0.15) is 0 Å². The molecule has 4 heteroatoms. The van der Waals surface area contributed by atoms with E-state index >= 15 is 0 Å². The molecule has 1 amide bonds. The molecule has 4 nitrogen and oxygen atoms in total. The fraction of sp³-hybridized carbons (Fsp3) is 0.923. The molecule has 0 radical (unpaired) electrons. The molecule has 17 heavy (non-hydrogen) atoms. The summed E-state index contributed by atoms with van der Waals surface area (Å²) in [7, 11) is 0. The van der Waals surface area contributed by atoms with Crippen LogP contribution in [0.1, 0.15) is 46.5 Å². The minimum absolute atomic E-state index is 0.254. The van der Waals surface area contributed by atoms with Gasteiger partial charge in [0.25, 0.3) is 0 Å². The molecule has 1 aliphatic carbocycles. The van der Waals surface area contributed by atoms with Crippen LogP contribution in [0, 0.1) is 0 Å². The molecule has 0 heterocycles. The molecule has 3 N–H and O–H groups in total. The van der Waals surface area contributed by atoms with Gasteiger partial charge in [-0.3, -0.25) is 9.69 Å². The Balaban J connectivity index is 2.65. The third-order valence-corrected chi connectivity index (χ3v) is 3.88. The summed E-state index contributed by atoms with van der Waals surface area (Å²) in [6.07, 6.45) is 5.15. The Hall–Kier alpha value is -0.610. The molecule has 0 aromatic carbocycles. The normalized spacial score (nSPS) is 20.7. The van der Waals surface area contributed by atoms with Crippen molar-refractivity contribution in [1.29, 1.82) is 0 Å². The first-order chi connectivity index (χ1) is 8.03. The van der Waals surface area contributed by atoms with Crippen LogP contribution in [0.3, 0.4) is 0 Å². The highest BCUT2D eigenvalue weighted by atomic mass is 16.1. The molecule has 0 spiro atoms. The lowest BCUT2D eigenvalue weighted by atomic mass is 9.99. The van der Waals surface area contributed by atoms with Gasteiger partial charge in [0.15, 0.2) is 0 Å². The van der Waals surface area contributed by atoms with E-state index in [-0.39, 0.29) is 5.91 Å². The van der Waals surface area contributed by atoms with E-state index in [9.17, 15) is 4.79 Å². The number of nitrogens with zero attached hydrogens (tertiary/aromatic N) is 1. The van der Waals surface area contributed by atoms with Gasteiger partial charge in [-0.25, -0.2) is 0 Å². The average Bonchev–Trinajstić information content (AvgIpc) is 2.79. The number of hydrogen-bond donors (Lipinski definition) is 2. The average molecular weight is 241 g/mol. The fourth-order valence-corrected chi connectivity index (χ4v) is 2.79. The molecule has 1 rings (SSSR count). The maximum absolute atomic E-state index is 11.6. The lowest BCUT2D eigenvalue weighted by Gasteiger charge is -2.36. The molecule has 1 saturated carbocycles. The van der Waals surface area contributed by atoms with E-state index in [0.717, 1.165) is 19.6 Å². The van der Waals surface area contributed by atoms with Gasteiger partial charge < -0.3 is 11.1 Å². The Morgan fingerprint density at radius 1 is 1.41 bits per heavy atom. The van der Waals surface area contributed by atoms with E-state index in [4.69, 9.17) is 5.73 Å². The van der Waals surface area contributed by atoms with Gasteiger partial charge in [0.05, 0.1) is 0 Å². The van der Waals surface area contributed by atoms with Crippen molar-refractivity contribution in [2.45, 2.75) is 58.0 Å². The minimum Gasteiger partial charge on any atom is -0.368 e. The van der Waals surface area contributed by atoms with Crippen LogP contribution < -0.4 is 11.1 Å². The predicted octanol–water partition coefficient (Wildman–Crippen LogP) is 1.10. The summed E-state index contributed by atoms with van der Waals surface area (Å²) in [6, 6.07) is 0.636. The van der Waals surface area contributed by atoms with Gasteiger partial charge >= 0.3 is 0 Å². The lowest BCUT2D eigenvalue weighted by molar-refractivity contribution is -0.124. The molecule has 0 aromatic heterocycles. The van der Waals surface area contributed by atoms with Crippen molar-refractivity contribution < 1.29 is 4.79 Å². The van der Waals surface area contributed by atoms with E-state index in [2.05, 4.69) is 17.1 Å². The van der Waals surface area contributed by atoms with Gasteiger partial charge in [0.1, 0.15) is 5.54 Å². The summed E-state index contributed by atoms with van der Waals surface area (Å²) in [5.41, 5.74) is 4.93. The number of nitrogens with one attached hydrogen (secondary N) is 1. The monoisotopic (exact) mass is 241 g/mol. The number of primary amides is 1. The summed E-state index contributed by atoms with van der Waals surface area (Å²) in [4.78, 5) is 14.0. The van der Waals surface area contributed by atoms with Gasteiger partial charge in [-0.1, -0.05) is 26.7 Å². The number of nitrogens with two attached hydrogens (primary N) is 1. The number of carbonyl (C=O) groups is 1. The van der Waals surface area contributed by atoms with Crippen molar-refractivity contribution >= 4 is 5.91 Å². The minimum atomic E-state index is -0.604. The second kappa shape index (κ2) is 6.36. The van der Waals surface area contributed by atoms with E-state index < -0.39 is 5.54 Å². The Morgan fingerprint density at radius 3 is 2.41 bits per heavy atom. The van der Waals surface area contributed by atoms with Crippen LogP contribution in [-0.2, 0) is 4.79 Å². The second-order valence-electron chi connectivity index (χ2n) is 5.23. The van der Waals surface area contributed by atoms with Gasteiger partial charge in [-0.15, -0.1) is 0 Å². The maximum Gasteiger partial charge on any atom is 0.238 e. The van der Waals surface area contributed by atoms with E-state index in [1.54, 1.807) is 0 Å². The molecular weight excluding hydrogens is 214 g/mol. The highest BCUT2D eigenvalue weighted by Gasteiger charge is 2.34. The zero-order valence-corrected chi connectivity index (χ0v) is 11.5. The standard InChI is InChI=1S/C13H27N3O/c1-4-15-13(3,12(14)17)10-16(5-2)11-8-6-7-9-11/h11,15H,4-10H2,1-3H3,(H2,14,17). The number of carbonyl (C=O) groups excluding carboxylic acids is 1. The van der Waals surface area contributed by atoms with Crippen LogP contribution in [0.2, 0.25) is 0 Å². The summed E-state index contributed by atoms with van der Waals surface area (Å²) in [5.74, 6) is -0.254. The van der Waals surface area contributed by atoms with Gasteiger partial charge in [0, 0.05) is 12.6 Å². The molecule has 0 aromatic rings. The molecule has 0 bridgehead atoms. The molecule has 0 saturated heterocycles. The van der Waals surface area contributed by atoms with Crippen molar-refractivity contribution in [3.8, 4) is 0 Å². The van der Waals surface area contributed by atoms with Crippen molar-refractivity contribution in [2.75, 3.05) is 19.6 Å². The number of amides is 1. The zero-order chi connectivity index (χ0) is 12.9. The second-order valence-corrected chi connectivity index (χ2v) is 5.23. The number of likely N-dealkylation sites (N-methyl/N-ethyl adjacent to an activating group) is 2. The van der Waals surface area contributed by atoms with E-state index in [0.29, 0.717) is 6.04 Å². The third-order valence-electron chi connectivity index (χ3n) is 3.88. The lowest BCUT2D eigenvalue weighted by Crippen LogP contribution is -2.60. The highest BCUT2D eigenvalue weighted by Crippen LogP contribution is 2.24. The quantitative estimate of drug-likeness (QED) is 0.702. The number of rotatable bonds is 7. The molecular formula is C13H27N3O. The molecule has 1 fully saturated rings. The molecule has 1 atom stereocenters. The summed E-state index contributed by atoms with van der Waals surface area (Å²) < 4.78 is 0. The van der Waals surface area contributed by atoms with E-state index in [1.165, 1.54) is 25.7 Å². The van der Waals surface area contributed by atoms with Crippen molar-refractivity contribution in [3.63, 3.8) is 0 Å². The molecule has 1 unspecified atom stereocenters. The molecule has 100 valence electrons. The largest absolute Gasteiger partial charge is 0.368 e. The van der Waals surface area contributed by atoms with E-state index in [1.807, 2.05) is 13.8 Å². The Morgan fingerprint density at radius 2 is 2.00 bits per heavy atom. The maximum atomic E-state index is 11.6. The third kappa shape index (κ3) is 3.68. The Bertz CT molecular complexity index is 251. The van der Waals surface area contributed by atoms with Crippen LogP contribution in [0.15, 0.2) is 0 Å². The van der Waals surface area contributed by atoms with Crippen LogP contribution >= 0.6 is 0 Å². The van der Waals surface area contributed by atoms with Crippen LogP contribution in [0.25, 0.3) is 0 Å². The topological polar surface area (TPSA) is 58.4 Å². The summed E-state index contributed by atoms with van der Waals surface area (Å²) in [6.45, 7) is 8.55. The summed E-state index contributed by atoms with van der Waals surface area (Å²) >= 11 is 0. The highest BCUT2D eigenvalue weighted by molar-refractivity contribution is 5.84. The van der Waals surface area contributed by atoms with Crippen LogP contribution in [0.4, 0.5) is 0 Å². The smallest absolute Gasteiger partial charge is 0.238 e. The first-order valence-electron chi connectivity index (χ1n) is 6.82. The van der Waals surface area contributed by atoms with Crippen LogP contribution in [-0.4, -0.2) is 42.0 Å². The van der Waals surface area contributed by atoms with Gasteiger partial charge in [-0.05, 0) is 32.9 Å². The first-order valence-corrected chi connectivity index (χ1v) is 6.82. The predicted molar refractivity (Wildman–Crippen MR) is 70.8 cm³/mol. The SMILES string of the molecule is CCNC(C)(CN(CC)C1CCCC1)C(N)=O.